The molecule has 0 aliphatic rings. The fraction of sp³-hybridized carbons (Fsp3) is 0.500. The van der Waals surface area contributed by atoms with E-state index in [1.807, 2.05) is 50.1 Å². The van der Waals surface area contributed by atoms with Gasteiger partial charge in [0.2, 0.25) is 0 Å². The first-order chi connectivity index (χ1) is 10.8. The molecule has 0 spiro atoms. The minimum absolute atomic E-state index is 0.0423. The van der Waals surface area contributed by atoms with Crippen molar-refractivity contribution in [2.24, 2.45) is 5.41 Å². The zero-order chi connectivity index (χ0) is 17.2. The van der Waals surface area contributed by atoms with Crippen molar-refractivity contribution in [1.82, 2.24) is 9.88 Å². The Kier molecular flexibility index (Phi) is 5.24. The summed E-state index contributed by atoms with van der Waals surface area (Å²) in [5.41, 5.74) is 1.91. The highest BCUT2D eigenvalue weighted by Gasteiger charge is 2.30. The summed E-state index contributed by atoms with van der Waals surface area (Å²) >= 11 is 0. The number of benzene rings is 1. The molecular formula is C18H26N2O3. The van der Waals surface area contributed by atoms with E-state index in [1.54, 1.807) is 6.92 Å². The van der Waals surface area contributed by atoms with Crippen molar-refractivity contribution in [3.05, 3.63) is 35.5 Å². The third kappa shape index (κ3) is 3.47. The van der Waals surface area contributed by atoms with Crippen molar-refractivity contribution in [1.29, 1.82) is 0 Å². The molecule has 0 radical (unpaired) electrons. The lowest BCUT2D eigenvalue weighted by Crippen LogP contribution is -2.45. The fourth-order valence-electron chi connectivity index (χ4n) is 2.89. The van der Waals surface area contributed by atoms with Gasteiger partial charge in [-0.05, 0) is 27.0 Å². The molecule has 0 saturated carbocycles. The first-order valence-electron chi connectivity index (χ1n) is 7.86. The number of nitrogens with one attached hydrogen (secondary N) is 1. The largest absolute Gasteiger partial charge is 0.396 e. The van der Waals surface area contributed by atoms with Crippen LogP contribution in [-0.2, 0) is 0 Å². The number of carbonyl (C=O) groups excluding carboxylic acids is 1. The smallest absolute Gasteiger partial charge is 0.182 e. The zero-order valence-electron chi connectivity index (χ0n) is 14.3. The van der Waals surface area contributed by atoms with Crippen LogP contribution >= 0.6 is 0 Å². The van der Waals surface area contributed by atoms with Gasteiger partial charge in [-0.3, -0.25) is 9.69 Å². The summed E-state index contributed by atoms with van der Waals surface area (Å²) in [6, 6.07) is 7.43. The van der Waals surface area contributed by atoms with Crippen molar-refractivity contribution in [2.45, 2.75) is 26.8 Å². The molecule has 0 bridgehead atoms. The summed E-state index contributed by atoms with van der Waals surface area (Å²) in [6.07, 6.45) is 0. The van der Waals surface area contributed by atoms with Crippen molar-refractivity contribution in [2.75, 3.05) is 26.8 Å². The highest BCUT2D eigenvalue weighted by Crippen LogP contribution is 2.25. The Bertz CT molecular complexity index is 689. The van der Waals surface area contributed by atoms with Crippen LogP contribution in [0.25, 0.3) is 10.9 Å². The third-order valence-corrected chi connectivity index (χ3v) is 4.58. The number of aromatic nitrogens is 1. The molecule has 1 unspecified atom stereocenters. The number of aryl methyl sites for hydroxylation is 1. The quantitative estimate of drug-likeness (QED) is 0.682. The number of nitrogens with zero attached hydrogens (tertiary/aromatic N) is 1. The second-order valence-corrected chi connectivity index (χ2v) is 6.75. The maximum Gasteiger partial charge on any atom is 0.182 e. The van der Waals surface area contributed by atoms with Gasteiger partial charge in [-0.15, -0.1) is 0 Å². The minimum atomic E-state index is -0.626. The van der Waals surface area contributed by atoms with E-state index in [2.05, 4.69) is 4.98 Å². The predicted octanol–water partition coefficient (Wildman–Crippen LogP) is 1.97. The number of H-pyrrole nitrogens is 1. The number of carbonyl (C=O) groups is 1. The van der Waals surface area contributed by atoms with E-state index in [0.717, 1.165) is 22.2 Å². The number of fused-ring (bicyclic) bond motifs is 1. The number of Topliss-reactive ketones (excluding diaryl/α,β-unsaturated/α-hetero) is 1. The van der Waals surface area contributed by atoms with Crippen LogP contribution in [0.2, 0.25) is 0 Å². The van der Waals surface area contributed by atoms with E-state index in [-0.39, 0.29) is 25.0 Å². The summed E-state index contributed by atoms with van der Waals surface area (Å²) in [7, 11) is 1.84. The number of hydrogen-bond acceptors (Lipinski definition) is 4. The van der Waals surface area contributed by atoms with E-state index < -0.39 is 5.41 Å². The van der Waals surface area contributed by atoms with Crippen LogP contribution in [0.1, 0.15) is 29.9 Å². The van der Waals surface area contributed by atoms with E-state index in [0.29, 0.717) is 6.54 Å². The van der Waals surface area contributed by atoms with Gasteiger partial charge in [0.1, 0.15) is 0 Å². The molecule has 0 amide bonds. The Morgan fingerprint density at radius 1 is 1.30 bits per heavy atom. The molecule has 1 aromatic carbocycles. The van der Waals surface area contributed by atoms with Crippen molar-refractivity contribution < 1.29 is 15.0 Å². The molecule has 2 aromatic rings. The molecule has 0 aliphatic heterocycles. The van der Waals surface area contributed by atoms with E-state index in [4.69, 9.17) is 0 Å². The SMILES string of the molecule is Cc1[nH]c2ccccc2c1C(=O)C(C)N(C)CC(C)(CO)CO. The third-order valence-electron chi connectivity index (χ3n) is 4.58. The Morgan fingerprint density at radius 3 is 2.52 bits per heavy atom. The lowest BCUT2D eigenvalue weighted by Gasteiger charge is -2.33. The van der Waals surface area contributed by atoms with Gasteiger partial charge in [-0.1, -0.05) is 25.1 Å². The lowest BCUT2D eigenvalue weighted by molar-refractivity contribution is 0.0319. The van der Waals surface area contributed by atoms with Crippen LogP contribution in [0.5, 0.6) is 0 Å². The first-order valence-corrected chi connectivity index (χ1v) is 7.86. The van der Waals surface area contributed by atoms with Gasteiger partial charge in [0.05, 0.1) is 19.3 Å². The number of aromatic amines is 1. The van der Waals surface area contributed by atoms with Crippen LogP contribution in [0.15, 0.2) is 24.3 Å². The molecule has 1 atom stereocenters. The summed E-state index contributed by atoms with van der Waals surface area (Å²) < 4.78 is 0. The van der Waals surface area contributed by atoms with Gasteiger partial charge in [-0.2, -0.15) is 0 Å². The van der Waals surface area contributed by atoms with Crippen LogP contribution in [0.3, 0.4) is 0 Å². The number of ketones is 1. The van der Waals surface area contributed by atoms with E-state index in [1.165, 1.54) is 0 Å². The maximum atomic E-state index is 13.0. The minimum Gasteiger partial charge on any atom is -0.396 e. The second-order valence-electron chi connectivity index (χ2n) is 6.75. The van der Waals surface area contributed by atoms with Gasteiger partial charge >= 0.3 is 0 Å². The monoisotopic (exact) mass is 318 g/mol. The average molecular weight is 318 g/mol. The number of para-hydroxylation sites is 1. The molecule has 1 heterocycles. The van der Waals surface area contributed by atoms with Crippen LogP contribution < -0.4 is 0 Å². The normalized spacial score (nSPS) is 13.7. The van der Waals surface area contributed by atoms with Crippen molar-refractivity contribution in [3.63, 3.8) is 0 Å². The molecule has 126 valence electrons. The number of aliphatic hydroxyl groups is 2. The number of likely N-dealkylation sites (N-methyl/N-ethyl adjacent to an activating group) is 1. The Hall–Kier alpha value is -1.69. The van der Waals surface area contributed by atoms with E-state index in [9.17, 15) is 15.0 Å². The summed E-state index contributed by atoms with van der Waals surface area (Å²) in [5, 5.41) is 19.8. The highest BCUT2D eigenvalue weighted by atomic mass is 16.3. The van der Waals surface area contributed by atoms with Crippen LogP contribution in [-0.4, -0.2) is 58.7 Å². The predicted molar refractivity (Wildman–Crippen MR) is 91.7 cm³/mol. The average Bonchev–Trinajstić information content (AvgIpc) is 2.88. The Labute approximate surface area is 136 Å². The molecule has 0 saturated heterocycles. The van der Waals surface area contributed by atoms with Gasteiger partial charge in [0.25, 0.3) is 0 Å². The molecule has 23 heavy (non-hydrogen) atoms. The highest BCUT2D eigenvalue weighted by molar-refractivity contribution is 6.11. The molecule has 5 heteroatoms. The van der Waals surface area contributed by atoms with Crippen molar-refractivity contribution in [3.8, 4) is 0 Å². The first kappa shape index (κ1) is 17.7. The van der Waals surface area contributed by atoms with Crippen LogP contribution in [0, 0.1) is 12.3 Å². The summed E-state index contributed by atoms with van der Waals surface area (Å²) in [4.78, 5) is 18.1. The number of aliphatic hydroxyl groups excluding tert-OH is 2. The van der Waals surface area contributed by atoms with Gasteiger partial charge < -0.3 is 15.2 Å². The van der Waals surface area contributed by atoms with Crippen LogP contribution in [0.4, 0.5) is 0 Å². The van der Waals surface area contributed by atoms with Crippen molar-refractivity contribution >= 4 is 16.7 Å². The van der Waals surface area contributed by atoms with Gasteiger partial charge in [0, 0.05) is 34.1 Å². The fourth-order valence-corrected chi connectivity index (χ4v) is 2.89. The Balaban J connectivity index is 2.26. The maximum absolute atomic E-state index is 13.0. The molecule has 2 rings (SSSR count). The summed E-state index contributed by atoms with van der Waals surface area (Å²) in [6.45, 7) is 5.76. The number of rotatable bonds is 7. The lowest BCUT2D eigenvalue weighted by atomic mass is 9.91. The van der Waals surface area contributed by atoms with Gasteiger partial charge in [-0.25, -0.2) is 0 Å². The standard InChI is InChI=1S/C18H26N2O3/c1-12-16(14-7-5-6-8-15(14)19-12)17(23)13(2)20(4)9-18(3,10-21)11-22/h5-8,13,19,21-22H,9-11H2,1-4H3. The molecule has 1 aromatic heterocycles. The molecule has 3 N–H and O–H groups in total. The molecule has 0 fully saturated rings. The number of hydrogen-bond donors (Lipinski definition) is 3. The molecule has 5 nitrogen and oxygen atoms in total. The van der Waals surface area contributed by atoms with E-state index >= 15 is 0 Å². The molecular weight excluding hydrogens is 292 g/mol. The Morgan fingerprint density at radius 2 is 1.91 bits per heavy atom. The zero-order valence-corrected chi connectivity index (χ0v) is 14.3. The second kappa shape index (κ2) is 6.83. The molecule has 0 aliphatic carbocycles. The summed E-state index contributed by atoms with van der Waals surface area (Å²) in [5.74, 6) is 0.0423. The topological polar surface area (TPSA) is 76.6 Å². The van der Waals surface area contributed by atoms with Gasteiger partial charge in [0.15, 0.2) is 5.78 Å².